The third-order valence-electron chi connectivity index (χ3n) is 3.58. The molecule has 1 aromatic rings. The van der Waals surface area contributed by atoms with Crippen molar-refractivity contribution in [2.24, 2.45) is 5.92 Å². The van der Waals surface area contributed by atoms with Crippen molar-refractivity contribution in [1.29, 1.82) is 0 Å². The predicted octanol–water partition coefficient (Wildman–Crippen LogP) is 2.11. The van der Waals surface area contributed by atoms with Crippen molar-refractivity contribution in [3.8, 4) is 0 Å². The van der Waals surface area contributed by atoms with Gasteiger partial charge in [-0.1, -0.05) is 25.1 Å². The van der Waals surface area contributed by atoms with Crippen LogP contribution in [0, 0.1) is 5.92 Å². The van der Waals surface area contributed by atoms with E-state index in [4.69, 9.17) is 0 Å². The normalized spacial score (nSPS) is 21.9. The number of sulfone groups is 1. The number of benzene rings is 1. The van der Waals surface area contributed by atoms with Crippen LogP contribution in [0.25, 0.3) is 0 Å². The third-order valence-corrected chi connectivity index (χ3v) is 6.79. The van der Waals surface area contributed by atoms with Crippen LogP contribution in [0.3, 0.4) is 0 Å². The highest BCUT2D eigenvalue weighted by Gasteiger charge is 2.28. The average molecular weight is 327 g/mol. The topological polar surface area (TPSA) is 63.2 Å². The minimum Gasteiger partial charge on any atom is -0.355 e. The molecule has 1 heterocycles. The van der Waals surface area contributed by atoms with E-state index in [0.29, 0.717) is 13.0 Å². The summed E-state index contributed by atoms with van der Waals surface area (Å²) in [7, 11) is -2.87. The Morgan fingerprint density at radius 3 is 2.67 bits per heavy atom. The molecule has 1 N–H and O–H groups in total. The molecule has 1 aromatic carbocycles. The predicted molar refractivity (Wildman–Crippen MR) is 86.1 cm³/mol. The second-order valence-corrected chi connectivity index (χ2v) is 8.85. The number of thioether (sulfide) groups is 1. The van der Waals surface area contributed by atoms with Crippen LogP contribution in [-0.2, 0) is 14.6 Å². The van der Waals surface area contributed by atoms with Crippen molar-refractivity contribution in [1.82, 2.24) is 5.32 Å². The lowest BCUT2D eigenvalue weighted by Crippen LogP contribution is -2.36. The van der Waals surface area contributed by atoms with Gasteiger partial charge in [0.1, 0.15) is 0 Å². The minimum atomic E-state index is -2.87. The monoisotopic (exact) mass is 327 g/mol. The Kier molecular flexibility index (Phi) is 5.70. The lowest BCUT2D eigenvalue weighted by molar-refractivity contribution is -0.120. The van der Waals surface area contributed by atoms with Crippen molar-refractivity contribution in [3.05, 3.63) is 30.3 Å². The highest BCUT2D eigenvalue weighted by molar-refractivity contribution is 8.00. The van der Waals surface area contributed by atoms with Gasteiger partial charge in [0.15, 0.2) is 9.84 Å². The van der Waals surface area contributed by atoms with Crippen molar-refractivity contribution in [2.45, 2.75) is 29.9 Å². The van der Waals surface area contributed by atoms with Gasteiger partial charge in [0.25, 0.3) is 0 Å². The summed E-state index contributed by atoms with van der Waals surface area (Å²) in [5, 5.41) is 2.78. The minimum absolute atomic E-state index is 0.00403. The summed E-state index contributed by atoms with van der Waals surface area (Å²) in [6, 6.07) is 9.84. The Balaban J connectivity index is 1.83. The number of hydrogen-bond donors (Lipinski definition) is 1. The number of carbonyl (C=O) groups excluding carboxylic acids is 1. The molecule has 116 valence electrons. The van der Waals surface area contributed by atoms with Crippen LogP contribution >= 0.6 is 11.8 Å². The van der Waals surface area contributed by atoms with Crippen LogP contribution in [0.15, 0.2) is 35.2 Å². The quantitative estimate of drug-likeness (QED) is 0.813. The first kappa shape index (κ1) is 16.4. The molecule has 4 nitrogen and oxygen atoms in total. The molecule has 0 unspecified atom stereocenters. The van der Waals surface area contributed by atoms with Crippen LogP contribution in [0.4, 0.5) is 0 Å². The average Bonchev–Trinajstić information content (AvgIpc) is 2.82. The zero-order chi connectivity index (χ0) is 15.3. The SMILES string of the molecule is CC[C@@H](Sc1ccccc1)C(=O)NC[C@@H]1CCS(=O)(=O)C1. The molecular formula is C15H21NO3S2. The van der Waals surface area contributed by atoms with Gasteiger partial charge in [-0.2, -0.15) is 0 Å². The Morgan fingerprint density at radius 2 is 2.10 bits per heavy atom. The summed E-state index contributed by atoms with van der Waals surface area (Å²) in [5.74, 6) is 0.521. The Morgan fingerprint density at radius 1 is 1.38 bits per heavy atom. The molecule has 1 aliphatic heterocycles. The highest BCUT2D eigenvalue weighted by Crippen LogP contribution is 2.25. The fraction of sp³-hybridized carbons (Fsp3) is 0.533. The molecule has 0 aromatic heterocycles. The van der Waals surface area contributed by atoms with Gasteiger partial charge in [-0.15, -0.1) is 11.8 Å². The van der Waals surface area contributed by atoms with E-state index in [1.165, 1.54) is 0 Å². The molecule has 21 heavy (non-hydrogen) atoms. The molecule has 2 atom stereocenters. The van der Waals surface area contributed by atoms with Gasteiger partial charge in [0.05, 0.1) is 16.8 Å². The first-order chi connectivity index (χ1) is 10.00. The van der Waals surface area contributed by atoms with Crippen molar-refractivity contribution < 1.29 is 13.2 Å². The largest absolute Gasteiger partial charge is 0.355 e. The van der Waals surface area contributed by atoms with E-state index in [2.05, 4.69) is 5.32 Å². The Labute approximate surface area is 130 Å². The summed E-state index contributed by atoms with van der Waals surface area (Å²) < 4.78 is 22.8. The second-order valence-electron chi connectivity index (χ2n) is 5.34. The van der Waals surface area contributed by atoms with Crippen molar-refractivity contribution in [3.63, 3.8) is 0 Å². The lowest BCUT2D eigenvalue weighted by Gasteiger charge is -2.16. The van der Waals surface area contributed by atoms with Crippen LogP contribution in [0.1, 0.15) is 19.8 Å². The number of amides is 1. The summed E-state index contributed by atoms with van der Waals surface area (Å²) in [5.41, 5.74) is 0. The fourth-order valence-corrected chi connectivity index (χ4v) is 5.24. The maximum absolute atomic E-state index is 12.2. The van der Waals surface area contributed by atoms with Gasteiger partial charge < -0.3 is 5.32 Å². The molecule has 0 saturated carbocycles. The molecule has 1 amide bonds. The molecule has 0 radical (unpaired) electrons. The fourth-order valence-electron chi connectivity index (χ4n) is 2.38. The number of hydrogen-bond acceptors (Lipinski definition) is 4. The molecule has 1 fully saturated rings. The van der Waals surface area contributed by atoms with Gasteiger partial charge in [-0.3, -0.25) is 4.79 Å². The lowest BCUT2D eigenvalue weighted by atomic mass is 10.1. The molecule has 0 aliphatic carbocycles. The molecule has 6 heteroatoms. The second kappa shape index (κ2) is 7.31. The zero-order valence-electron chi connectivity index (χ0n) is 12.1. The zero-order valence-corrected chi connectivity index (χ0v) is 13.8. The number of rotatable bonds is 6. The Bertz CT molecular complexity index is 572. The standard InChI is InChI=1S/C15H21NO3S2/c1-2-14(20-13-6-4-3-5-7-13)15(17)16-10-12-8-9-21(18,19)11-12/h3-7,12,14H,2,8-11H2,1H3,(H,16,17)/t12-,14+/m0/s1. The van der Waals surface area contributed by atoms with Gasteiger partial charge in [-0.25, -0.2) is 8.42 Å². The van der Waals surface area contributed by atoms with Crippen LogP contribution in [0.5, 0.6) is 0 Å². The summed E-state index contributed by atoms with van der Waals surface area (Å²) in [6.07, 6.45) is 1.40. The van der Waals surface area contributed by atoms with Gasteiger partial charge >= 0.3 is 0 Å². The van der Waals surface area contributed by atoms with Gasteiger partial charge in [-0.05, 0) is 30.9 Å². The molecule has 2 rings (SSSR count). The molecule has 1 saturated heterocycles. The molecule has 0 bridgehead atoms. The summed E-state index contributed by atoms with van der Waals surface area (Å²) in [4.78, 5) is 13.3. The van der Waals surface area contributed by atoms with Gasteiger partial charge in [0, 0.05) is 11.4 Å². The van der Waals surface area contributed by atoms with Gasteiger partial charge in [0.2, 0.25) is 5.91 Å². The van der Waals surface area contributed by atoms with E-state index in [1.54, 1.807) is 11.8 Å². The van der Waals surface area contributed by atoms with Crippen molar-refractivity contribution in [2.75, 3.05) is 18.1 Å². The summed E-state index contributed by atoms with van der Waals surface area (Å²) >= 11 is 1.55. The maximum atomic E-state index is 12.2. The van der Waals surface area contributed by atoms with E-state index in [1.807, 2.05) is 37.3 Å². The van der Waals surface area contributed by atoms with Crippen LogP contribution in [0.2, 0.25) is 0 Å². The third kappa shape index (κ3) is 5.04. The van der Waals surface area contributed by atoms with E-state index >= 15 is 0 Å². The van der Waals surface area contributed by atoms with Crippen molar-refractivity contribution >= 4 is 27.5 Å². The Hall–Kier alpha value is -1.01. The first-order valence-corrected chi connectivity index (χ1v) is 9.90. The molecule has 1 aliphatic rings. The first-order valence-electron chi connectivity index (χ1n) is 7.20. The highest BCUT2D eigenvalue weighted by atomic mass is 32.2. The van der Waals surface area contributed by atoms with Crippen LogP contribution in [-0.4, -0.2) is 37.6 Å². The molecular weight excluding hydrogens is 306 g/mol. The van der Waals surface area contributed by atoms with E-state index in [0.717, 1.165) is 11.3 Å². The molecule has 0 spiro atoms. The number of nitrogens with one attached hydrogen (secondary N) is 1. The van der Waals surface area contributed by atoms with E-state index in [-0.39, 0.29) is 28.6 Å². The maximum Gasteiger partial charge on any atom is 0.233 e. The number of carbonyl (C=O) groups is 1. The van der Waals surface area contributed by atoms with E-state index < -0.39 is 9.84 Å². The van der Waals surface area contributed by atoms with Crippen LogP contribution < -0.4 is 5.32 Å². The smallest absolute Gasteiger partial charge is 0.233 e. The van der Waals surface area contributed by atoms with E-state index in [9.17, 15) is 13.2 Å². The summed E-state index contributed by atoms with van der Waals surface area (Å²) in [6.45, 7) is 2.45.